The first kappa shape index (κ1) is 16.7. The quantitative estimate of drug-likeness (QED) is 0.870. The summed E-state index contributed by atoms with van der Waals surface area (Å²) in [6.45, 7) is 15.1. The third-order valence-corrected chi connectivity index (χ3v) is 4.68. The molecule has 2 aliphatic rings. The Morgan fingerprint density at radius 1 is 1.14 bits per heavy atom. The van der Waals surface area contributed by atoms with Crippen LogP contribution in [0.4, 0.5) is 0 Å². The summed E-state index contributed by atoms with van der Waals surface area (Å²) in [5, 5.41) is 5.09. The number of amides is 1. The van der Waals surface area contributed by atoms with Gasteiger partial charge in [0.15, 0.2) is 5.60 Å². The van der Waals surface area contributed by atoms with Crippen LogP contribution in [0, 0.1) is 0 Å². The fraction of sp³-hybridized carbons (Fsp3) is 0.938. The number of ether oxygens (including phenoxy) is 1. The van der Waals surface area contributed by atoms with Crippen molar-refractivity contribution in [3.63, 3.8) is 0 Å². The van der Waals surface area contributed by atoms with E-state index in [-0.39, 0.29) is 17.0 Å². The van der Waals surface area contributed by atoms with E-state index in [1.165, 1.54) is 0 Å². The zero-order chi connectivity index (χ0) is 16.1. The zero-order valence-electron chi connectivity index (χ0n) is 14.5. The lowest BCUT2D eigenvalue weighted by Gasteiger charge is -2.56. The molecule has 122 valence electrons. The van der Waals surface area contributed by atoms with Crippen LogP contribution in [0.15, 0.2) is 0 Å². The number of hydrogen-bond donors (Lipinski definition) is 1. The molecular weight excluding hydrogens is 268 g/mol. The molecule has 2 rings (SSSR count). The first-order valence-electron chi connectivity index (χ1n) is 7.96. The summed E-state index contributed by atoms with van der Waals surface area (Å²) < 4.78 is 6.29. The topological polar surface area (TPSA) is 50.8 Å². The predicted octanol–water partition coefficient (Wildman–Crippen LogP) is 2.60. The second-order valence-electron chi connectivity index (χ2n) is 7.83. The van der Waals surface area contributed by atoms with Crippen LogP contribution in [0.25, 0.3) is 0 Å². The van der Waals surface area contributed by atoms with Crippen molar-refractivity contribution in [2.45, 2.75) is 90.1 Å². The predicted molar refractivity (Wildman–Crippen MR) is 81.5 cm³/mol. The molecule has 0 aromatic rings. The van der Waals surface area contributed by atoms with E-state index in [1.807, 2.05) is 25.8 Å². The van der Waals surface area contributed by atoms with E-state index in [4.69, 9.17) is 9.57 Å². The Balaban J connectivity index is 2.36. The van der Waals surface area contributed by atoms with Crippen LogP contribution < -0.4 is 5.32 Å². The zero-order valence-corrected chi connectivity index (χ0v) is 14.5. The average molecular weight is 298 g/mol. The highest BCUT2D eigenvalue weighted by Crippen LogP contribution is 2.49. The summed E-state index contributed by atoms with van der Waals surface area (Å²) in [6, 6.07) is 0. The molecule has 5 nitrogen and oxygen atoms in total. The molecule has 2 aliphatic heterocycles. The Kier molecular flexibility index (Phi) is 3.93. The first-order chi connectivity index (χ1) is 9.50. The molecule has 0 saturated carbocycles. The number of piperidine rings is 1. The van der Waals surface area contributed by atoms with Crippen LogP contribution in [-0.4, -0.2) is 40.0 Å². The second kappa shape index (κ2) is 4.93. The number of carbonyl (C=O) groups is 1. The molecule has 0 radical (unpaired) electrons. The van der Waals surface area contributed by atoms with Gasteiger partial charge < -0.3 is 10.1 Å². The summed E-state index contributed by atoms with van der Waals surface area (Å²) in [6.07, 6.45) is 2.02. The van der Waals surface area contributed by atoms with Crippen LogP contribution in [0.1, 0.15) is 67.7 Å². The highest BCUT2D eigenvalue weighted by Gasteiger charge is 2.62. The Morgan fingerprint density at radius 2 is 1.67 bits per heavy atom. The summed E-state index contributed by atoms with van der Waals surface area (Å²) in [7, 11) is 0. The molecule has 0 aromatic heterocycles. The van der Waals surface area contributed by atoms with E-state index >= 15 is 0 Å². The Morgan fingerprint density at radius 3 is 2.05 bits per heavy atom. The number of carbonyl (C=O) groups excluding carboxylic acids is 1. The van der Waals surface area contributed by atoms with E-state index in [2.05, 4.69) is 33.0 Å². The number of hydroxylamine groups is 2. The number of rotatable bonds is 3. The lowest BCUT2D eigenvalue weighted by molar-refractivity contribution is -0.306. The van der Waals surface area contributed by atoms with Crippen molar-refractivity contribution < 1.29 is 14.4 Å². The van der Waals surface area contributed by atoms with Crippen LogP contribution in [0.5, 0.6) is 0 Å². The molecule has 1 N–H and O–H groups in total. The van der Waals surface area contributed by atoms with E-state index in [9.17, 15) is 4.79 Å². The van der Waals surface area contributed by atoms with Crippen LogP contribution in [0.3, 0.4) is 0 Å². The van der Waals surface area contributed by atoms with Crippen molar-refractivity contribution in [3.8, 4) is 0 Å². The van der Waals surface area contributed by atoms with Gasteiger partial charge in [-0.3, -0.25) is 9.63 Å². The first-order valence-corrected chi connectivity index (χ1v) is 7.96. The Labute approximate surface area is 128 Å². The van der Waals surface area contributed by atoms with Gasteiger partial charge >= 0.3 is 0 Å². The second-order valence-corrected chi connectivity index (χ2v) is 7.83. The third kappa shape index (κ3) is 2.71. The molecule has 0 aromatic carbocycles. The lowest BCUT2D eigenvalue weighted by Crippen LogP contribution is -2.67. The molecular formula is C16H30N2O3. The van der Waals surface area contributed by atoms with Gasteiger partial charge in [-0.1, -0.05) is 6.92 Å². The van der Waals surface area contributed by atoms with Gasteiger partial charge in [0.1, 0.15) is 5.72 Å². The van der Waals surface area contributed by atoms with Gasteiger partial charge in [-0.15, -0.1) is 0 Å². The molecule has 1 spiro atoms. The van der Waals surface area contributed by atoms with Gasteiger partial charge in [-0.05, 0) is 48.0 Å². The van der Waals surface area contributed by atoms with E-state index in [0.717, 1.165) is 6.42 Å². The van der Waals surface area contributed by atoms with Gasteiger partial charge in [0.25, 0.3) is 5.91 Å². The van der Waals surface area contributed by atoms with Gasteiger partial charge in [0, 0.05) is 23.9 Å². The highest BCUT2D eigenvalue weighted by atomic mass is 16.7. The fourth-order valence-corrected chi connectivity index (χ4v) is 4.15. The van der Waals surface area contributed by atoms with E-state index < -0.39 is 11.3 Å². The number of nitrogens with one attached hydrogen (secondary N) is 1. The molecule has 2 fully saturated rings. The maximum absolute atomic E-state index is 12.7. The molecule has 0 aliphatic carbocycles. The van der Waals surface area contributed by atoms with E-state index in [1.54, 1.807) is 0 Å². The molecule has 2 saturated heterocycles. The maximum atomic E-state index is 12.7. The van der Waals surface area contributed by atoms with Crippen LogP contribution in [-0.2, 0) is 14.4 Å². The van der Waals surface area contributed by atoms with Crippen molar-refractivity contribution in [1.82, 2.24) is 10.4 Å². The maximum Gasteiger partial charge on any atom is 0.254 e. The minimum atomic E-state index is -0.759. The fourth-order valence-electron chi connectivity index (χ4n) is 4.15. The molecule has 1 unspecified atom stereocenters. The summed E-state index contributed by atoms with van der Waals surface area (Å²) in [4.78, 5) is 18.5. The van der Waals surface area contributed by atoms with Gasteiger partial charge in [-0.25, -0.2) is 0 Å². The largest absolute Gasteiger partial charge is 0.340 e. The number of hydrogen-bond acceptors (Lipinski definition) is 4. The molecule has 1 atom stereocenters. The molecule has 1 amide bonds. The van der Waals surface area contributed by atoms with Crippen LogP contribution >= 0.6 is 0 Å². The van der Waals surface area contributed by atoms with Gasteiger partial charge in [-0.2, -0.15) is 5.06 Å². The minimum absolute atomic E-state index is 0.0177. The molecule has 2 heterocycles. The molecule has 5 heteroatoms. The van der Waals surface area contributed by atoms with Crippen molar-refractivity contribution in [3.05, 3.63) is 0 Å². The summed E-state index contributed by atoms with van der Waals surface area (Å²) in [5.74, 6) is 0.0177. The minimum Gasteiger partial charge on any atom is -0.340 e. The van der Waals surface area contributed by atoms with Crippen molar-refractivity contribution in [1.29, 1.82) is 0 Å². The Bertz CT molecular complexity index is 415. The van der Waals surface area contributed by atoms with Crippen LogP contribution in [0.2, 0.25) is 0 Å². The molecule has 0 bridgehead atoms. The summed E-state index contributed by atoms with van der Waals surface area (Å²) >= 11 is 0. The highest BCUT2D eigenvalue weighted by molar-refractivity contribution is 5.88. The van der Waals surface area contributed by atoms with Crippen molar-refractivity contribution in [2.75, 3.05) is 6.61 Å². The van der Waals surface area contributed by atoms with E-state index in [0.29, 0.717) is 19.4 Å². The normalized spacial score (nSPS) is 34.1. The number of nitrogens with zero attached hydrogens (tertiary/aromatic N) is 1. The third-order valence-electron chi connectivity index (χ3n) is 4.68. The van der Waals surface area contributed by atoms with Gasteiger partial charge in [0.05, 0.1) is 6.61 Å². The summed E-state index contributed by atoms with van der Waals surface area (Å²) in [5.41, 5.74) is -1.86. The SMILES string of the molecule is CCON1C(C)(C)CC2(CC1(C)C)OC(C)(CC)NC2=O. The van der Waals surface area contributed by atoms with Gasteiger partial charge in [0.2, 0.25) is 0 Å². The lowest BCUT2D eigenvalue weighted by atomic mass is 9.72. The van der Waals surface area contributed by atoms with Crippen molar-refractivity contribution in [2.24, 2.45) is 0 Å². The standard InChI is InChI=1S/C16H30N2O3/c1-8-15(7)17-12(19)16(21-15)10-13(3,4)18(20-9-2)14(5,6)11-16/h8-11H2,1-7H3,(H,17,19). The average Bonchev–Trinajstić information content (AvgIpc) is 2.55. The molecule has 21 heavy (non-hydrogen) atoms. The van der Waals surface area contributed by atoms with Crippen molar-refractivity contribution >= 4 is 5.91 Å². The monoisotopic (exact) mass is 298 g/mol. The Hall–Kier alpha value is -0.650. The smallest absolute Gasteiger partial charge is 0.254 e.